The average Bonchev–Trinajstić information content (AvgIpc) is 3.15. The summed E-state index contributed by atoms with van der Waals surface area (Å²) >= 11 is 0. The Morgan fingerprint density at radius 1 is 0.645 bits per heavy atom. The van der Waals surface area contributed by atoms with E-state index in [4.69, 9.17) is 0 Å². The highest BCUT2D eigenvalue weighted by Crippen LogP contribution is 2.32. The van der Waals surface area contributed by atoms with Gasteiger partial charge in [-0.3, -0.25) is 4.70 Å². The smallest absolute Gasteiger partial charge is 0.254 e. The molecule has 2 aromatic carbocycles. The second-order valence-electron chi connectivity index (χ2n) is 9.42. The van der Waals surface area contributed by atoms with E-state index in [0.29, 0.717) is 23.7 Å². The van der Waals surface area contributed by atoms with Gasteiger partial charge in [-0.05, 0) is 23.7 Å². The van der Waals surface area contributed by atoms with Crippen LogP contribution in [-0.4, -0.2) is 4.57 Å². The molecule has 0 fully saturated rings. The topological polar surface area (TPSA) is 8.81 Å². The molecule has 1 heterocycles. The third kappa shape index (κ3) is 5.23. The van der Waals surface area contributed by atoms with E-state index in [-0.39, 0.29) is 9.41 Å². The first-order valence-corrected chi connectivity index (χ1v) is 11.1. The van der Waals surface area contributed by atoms with Gasteiger partial charge >= 0.3 is 0 Å². The van der Waals surface area contributed by atoms with E-state index >= 15 is 0 Å². The van der Waals surface area contributed by atoms with Crippen molar-refractivity contribution >= 4 is 0 Å². The van der Waals surface area contributed by atoms with Gasteiger partial charge in [-0.15, -0.1) is 0 Å². The summed E-state index contributed by atoms with van der Waals surface area (Å²) in [5.74, 6) is 1.92. The second-order valence-corrected chi connectivity index (χ2v) is 9.42. The lowest BCUT2D eigenvalue weighted by Crippen LogP contribution is -3.00. The molecule has 3 aromatic rings. The summed E-state index contributed by atoms with van der Waals surface area (Å²) in [5, 5.41) is 0. The summed E-state index contributed by atoms with van der Waals surface area (Å²) < 4.78 is 4.65. The first kappa shape index (κ1) is 26.5. The fourth-order valence-corrected chi connectivity index (χ4v) is 4.24. The van der Waals surface area contributed by atoms with E-state index in [9.17, 15) is 0 Å². The molecule has 4 heteroatoms. The van der Waals surface area contributed by atoms with E-state index in [1.807, 2.05) is 0 Å². The molecule has 0 aliphatic carbocycles. The number of nitrogens with zero attached hydrogens (tertiary/aromatic N) is 2. The summed E-state index contributed by atoms with van der Waals surface area (Å²) in [6.45, 7) is 18.3. The van der Waals surface area contributed by atoms with Gasteiger partial charge < -0.3 is 4.70 Å². The Balaban J connectivity index is 0.00000240. The standard InChI is InChI=1S/C27H37N2.2FH/c1-18(2)22-11-9-12-23(19(3)4)26(22)28-15-16-29(17-28)27-24(20(5)6)13-10-14-25(27)21(7)8;;/h9-21H,1-8H3;2*1H/q+1;;/p-1. The Morgan fingerprint density at radius 2 is 1.03 bits per heavy atom. The quantitative estimate of drug-likeness (QED) is 0.515. The van der Waals surface area contributed by atoms with Crippen molar-refractivity contribution in [3.05, 3.63) is 77.4 Å². The maximum atomic E-state index is 2.33. The molecule has 0 amide bonds. The number of benzene rings is 2. The van der Waals surface area contributed by atoms with Crippen LogP contribution in [0.1, 0.15) is 101 Å². The first-order chi connectivity index (χ1) is 13.7. The normalized spacial score (nSPS) is 11.2. The van der Waals surface area contributed by atoms with E-state index in [2.05, 4.69) is 120 Å². The molecule has 0 saturated carbocycles. The molecule has 0 spiro atoms. The van der Waals surface area contributed by atoms with Crippen molar-refractivity contribution in [1.82, 2.24) is 4.57 Å². The SMILES string of the molecule is CC(C)c1cccc(C(C)C)c1-n1cc[n+](-c2c(C(C)C)cccc2C(C)C)c1.F.[F-]. The van der Waals surface area contributed by atoms with Crippen LogP contribution in [0, 0.1) is 0 Å². The summed E-state index contributed by atoms with van der Waals surface area (Å²) in [5.41, 5.74) is 8.29. The predicted octanol–water partition coefficient (Wildman–Crippen LogP) is 4.40. The molecule has 0 bridgehead atoms. The van der Waals surface area contributed by atoms with Crippen molar-refractivity contribution in [2.75, 3.05) is 0 Å². The van der Waals surface area contributed by atoms with Gasteiger partial charge in [-0.25, -0.2) is 9.13 Å². The fraction of sp³-hybridized carbons (Fsp3) is 0.444. The van der Waals surface area contributed by atoms with Gasteiger partial charge in [0.15, 0.2) is 0 Å². The molecule has 0 saturated heterocycles. The van der Waals surface area contributed by atoms with Gasteiger partial charge in [0, 0.05) is 22.3 Å². The lowest BCUT2D eigenvalue weighted by Gasteiger charge is -2.17. The lowest BCUT2D eigenvalue weighted by molar-refractivity contribution is -0.596. The number of para-hydroxylation sites is 2. The summed E-state index contributed by atoms with van der Waals surface area (Å²) in [6.07, 6.45) is 6.70. The molecule has 3 rings (SSSR count). The van der Waals surface area contributed by atoms with Gasteiger partial charge in [-0.2, -0.15) is 0 Å². The number of halogens is 2. The van der Waals surface area contributed by atoms with Crippen molar-refractivity contribution in [1.29, 1.82) is 0 Å². The van der Waals surface area contributed by atoms with Crippen LogP contribution in [0.2, 0.25) is 0 Å². The maximum Gasteiger partial charge on any atom is 0.254 e. The highest BCUT2D eigenvalue weighted by Gasteiger charge is 2.23. The molecular formula is C27H38F2N2. The summed E-state index contributed by atoms with van der Waals surface area (Å²) in [4.78, 5) is 0. The van der Waals surface area contributed by atoms with Crippen LogP contribution < -0.4 is 9.27 Å². The van der Waals surface area contributed by atoms with Crippen LogP contribution in [0.5, 0.6) is 0 Å². The second kappa shape index (κ2) is 10.7. The minimum Gasteiger partial charge on any atom is -1.00 e. The molecule has 0 aliphatic heterocycles. The van der Waals surface area contributed by atoms with E-state index < -0.39 is 0 Å². The minimum atomic E-state index is 0. The van der Waals surface area contributed by atoms with E-state index in [1.165, 1.54) is 33.6 Å². The summed E-state index contributed by atoms with van der Waals surface area (Å²) in [7, 11) is 0. The van der Waals surface area contributed by atoms with Crippen molar-refractivity contribution in [3.8, 4) is 11.4 Å². The molecule has 0 N–H and O–H groups in total. The van der Waals surface area contributed by atoms with Crippen LogP contribution in [-0.2, 0) is 0 Å². The Morgan fingerprint density at radius 3 is 1.42 bits per heavy atom. The molecule has 0 radical (unpaired) electrons. The molecule has 0 aliphatic rings. The Hall–Kier alpha value is -2.49. The lowest BCUT2D eigenvalue weighted by atomic mass is 9.92. The average molecular weight is 429 g/mol. The third-order valence-corrected chi connectivity index (χ3v) is 5.84. The molecule has 1 aromatic heterocycles. The molecule has 31 heavy (non-hydrogen) atoms. The van der Waals surface area contributed by atoms with Gasteiger partial charge in [0.1, 0.15) is 23.8 Å². The predicted molar refractivity (Wildman–Crippen MR) is 126 cm³/mol. The number of hydrogen-bond acceptors (Lipinski definition) is 0. The van der Waals surface area contributed by atoms with Gasteiger partial charge in [0.05, 0.1) is 0 Å². The van der Waals surface area contributed by atoms with Crippen LogP contribution in [0.25, 0.3) is 11.4 Å². The highest BCUT2D eigenvalue weighted by atomic mass is 19.0. The zero-order valence-corrected chi connectivity index (χ0v) is 20.2. The zero-order valence-electron chi connectivity index (χ0n) is 20.2. The molecule has 0 unspecified atom stereocenters. The van der Waals surface area contributed by atoms with Crippen molar-refractivity contribution in [2.24, 2.45) is 0 Å². The van der Waals surface area contributed by atoms with Crippen molar-refractivity contribution < 1.29 is 14.0 Å². The number of rotatable bonds is 6. The zero-order chi connectivity index (χ0) is 21.3. The largest absolute Gasteiger partial charge is 1.00 e. The number of aromatic nitrogens is 2. The van der Waals surface area contributed by atoms with Gasteiger partial charge in [0.25, 0.3) is 6.33 Å². The Bertz CT molecular complexity index is 854. The fourth-order valence-electron chi connectivity index (χ4n) is 4.24. The molecule has 2 nitrogen and oxygen atoms in total. The molecule has 170 valence electrons. The van der Waals surface area contributed by atoms with Crippen LogP contribution in [0.15, 0.2) is 55.1 Å². The molecule has 0 atom stereocenters. The van der Waals surface area contributed by atoms with E-state index in [0.717, 1.165) is 0 Å². The Kier molecular flexibility index (Phi) is 9.16. The number of hydrogen-bond donors (Lipinski definition) is 0. The monoisotopic (exact) mass is 428 g/mol. The van der Waals surface area contributed by atoms with Gasteiger partial charge in [0.2, 0.25) is 0 Å². The van der Waals surface area contributed by atoms with E-state index in [1.54, 1.807) is 0 Å². The summed E-state index contributed by atoms with van der Waals surface area (Å²) in [6, 6.07) is 13.5. The van der Waals surface area contributed by atoms with Crippen molar-refractivity contribution in [2.45, 2.75) is 79.1 Å². The van der Waals surface area contributed by atoms with Crippen LogP contribution in [0.3, 0.4) is 0 Å². The minimum absolute atomic E-state index is 0. The van der Waals surface area contributed by atoms with Crippen LogP contribution in [0.4, 0.5) is 4.70 Å². The number of imidazole rings is 1. The van der Waals surface area contributed by atoms with Gasteiger partial charge in [-0.1, -0.05) is 91.8 Å². The van der Waals surface area contributed by atoms with Crippen molar-refractivity contribution in [3.63, 3.8) is 0 Å². The first-order valence-electron chi connectivity index (χ1n) is 11.1. The maximum absolute atomic E-state index is 2.33. The highest BCUT2D eigenvalue weighted by molar-refractivity contribution is 5.51. The molecular weight excluding hydrogens is 390 g/mol. The van der Waals surface area contributed by atoms with Crippen LogP contribution >= 0.6 is 0 Å². The Labute approximate surface area is 186 Å². The third-order valence-electron chi connectivity index (χ3n) is 5.84.